The summed E-state index contributed by atoms with van der Waals surface area (Å²) in [5, 5.41) is 12.5. The Balaban J connectivity index is 1.55. The van der Waals surface area contributed by atoms with Crippen molar-refractivity contribution >= 4 is 40.6 Å². The number of hydrogen-bond acceptors (Lipinski definition) is 9. The van der Waals surface area contributed by atoms with E-state index in [9.17, 15) is 27.9 Å². The maximum Gasteiger partial charge on any atom is 0.416 e. The summed E-state index contributed by atoms with van der Waals surface area (Å²) in [6.07, 6.45) is -4.28. The smallest absolute Gasteiger partial charge is 0.416 e. The second kappa shape index (κ2) is 12.5. The molecular formula is C29H29ClF3N7O5. The minimum Gasteiger partial charge on any atom is -0.493 e. The molecule has 0 bridgehead atoms. The van der Waals surface area contributed by atoms with Crippen molar-refractivity contribution in [3.8, 4) is 17.0 Å². The summed E-state index contributed by atoms with van der Waals surface area (Å²) in [7, 11) is 0. The number of nitrogens with zero attached hydrogens (tertiary/aromatic N) is 5. The summed E-state index contributed by atoms with van der Waals surface area (Å²) < 4.78 is 52.9. The van der Waals surface area contributed by atoms with E-state index in [-0.39, 0.29) is 53.9 Å². The summed E-state index contributed by atoms with van der Waals surface area (Å²) in [6.45, 7) is 5.36. The Morgan fingerprint density at radius 1 is 1.27 bits per heavy atom. The highest BCUT2D eigenvalue weighted by Crippen LogP contribution is 2.39. The number of alkyl halides is 3. The number of aliphatic hydroxyl groups excluding tert-OH is 1. The van der Waals surface area contributed by atoms with E-state index in [0.29, 0.717) is 22.6 Å². The number of nitrogen functional groups attached to an aromatic ring is 1. The fourth-order valence-corrected chi connectivity index (χ4v) is 5.21. The zero-order valence-corrected chi connectivity index (χ0v) is 25.1. The molecule has 12 nitrogen and oxygen atoms in total. The Bertz CT molecular complexity index is 1760. The molecule has 1 aliphatic heterocycles. The number of anilines is 2. The first-order valence-electron chi connectivity index (χ1n) is 13.8. The number of aliphatic hydroxyl groups is 1. The van der Waals surface area contributed by atoms with Crippen LogP contribution in [0.1, 0.15) is 48.6 Å². The van der Waals surface area contributed by atoms with Gasteiger partial charge in [-0.05, 0) is 51.1 Å². The monoisotopic (exact) mass is 647 g/mol. The van der Waals surface area contributed by atoms with Crippen LogP contribution in [0.4, 0.5) is 24.8 Å². The molecule has 4 aromatic rings. The van der Waals surface area contributed by atoms with Gasteiger partial charge in [0.15, 0.2) is 0 Å². The number of morpholine rings is 1. The molecule has 0 saturated carbocycles. The van der Waals surface area contributed by atoms with E-state index < -0.39 is 35.8 Å². The van der Waals surface area contributed by atoms with Crippen molar-refractivity contribution in [1.29, 1.82) is 0 Å². The number of ether oxygens (including phenoxy) is 2. The third-order valence-electron chi connectivity index (χ3n) is 7.16. The van der Waals surface area contributed by atoms with Crippen molar-refractivity contribution in [3.63, 3.8) is 0 Å². The highest BCUT2D eigenvalue weighted by molar-refractivity contribution is 6.30. The molecule has 4 heterocycles. The molecular weight excluding hydrogens is 619 g/mol. The van der Waals surface area contributed by atoms with Gasteiger partial charge in [-0.2, -0.15) is 13.2 Å². The number of nitrogens with two attached hydrogens (primary N) is 1. The van der Waals surface area contributed by atoms with Crippen molar-refractivity contribution in [2.45, 2.75) is 45.2 Å². The topological polar surface area (TPSA) is 157 Å². The van der Waals surface area contributed by atoms with Crippen molar-refractivity contribution in [3.05, 3.63) is 64.8 Å². The number of aromatic nitrogens is 4. The number of halogens is 4. The van der Waals surface area contributed by atoms with Crippen LogP contribution in [0.2, 0.25) is 5.15 Å². The molecule has 0 radical (unpaired) electrons. The predicted octanol–water partition coefficient (Wildman–Crippen LogP) is 4.37. The van der Waals surface area contributed by atoms with Gasteiger partial charge in [0, 0.05) is 17.3 Å². The summed E-state index contributed by atoms with van der Waals surface area (Å²) in [5.41, 5.74) is 6.45. The van der Waals surface area contributed by atoms with E-state index in [1.165, 1.54) is 30.2 Å². The van der Waals surface area contributed by atoms with E-state index in [0.717, 1.165) is 18.3 Å². The first-order chi connectivity index (χ1) is 21.3. The number of carbonyl (C=O) groups is 2. The van der Waals surface area contributed by atoms with E-state index in [1.807, 2.05) is 0 Å². The predicted molar refractivity (Wildman–Crippen MR) is 158 cm³/mol. The van der Waals surface area contributed by atoms with Gasteiger partial charge in [0.1, 0.15) is 51.8 Å². The molecule has 0 spiro atoms. The molecule has 5 rings (SSSR count). The highest BCUT2D eigenvalue weighted by atomic mass is 35.5. The Kier molecular flexibility index (Phi) is 8.87. The van der Waals surface area contributed by atoms with Gasteiger partial charge in [0.25, 0.3) is 11.8 Å². The number of hydrogen-bond donors (Lipinski definition) is 3. The van der Waals surface area contributed by atoms with Crippen LogP contribution in [-0.2, 0) is 15.7 Å². The summed E-state index contributed by atoms with van der Waals surface area (Å²) >= 11 is 6.58. The number of pyridine rings is 1. The number of amides is 2. The fourth-order valence-electron chi connectivity index (χ4n) is 4.99. The second-order valence-electron chi connectivity index (χ2n) is 10.3. The minimum atomic E-state index is -4.61. The van der Waals surface area contributed by atoms with Gasteiger partial charge >= 0.3 is 6.18 Å². The highest BCUT2D eigenvalue weighted by Gasteiger charge is 2.36. The van der Waals surface area contributed by atoms with Gasteiger partial charge in [-0.25, -0.2) is 15.0 Å². The summed E-state index contributed by atoms with van der Waals surface area (Å²) in [4.78, 5) is 40.1. The third kappa shape index (κ3) is 6.36. The standard InChI is InChI=1S/C29H29ClF3N7O5/c1-4-44-19-9-16(27(42)37-22-10-17(7-8-35-22)29(31,32)33)5-6-18(19)23-24-25(34)36-11-21(30)40(24)26(38-23)20-12-39(14(2)13-45-20)28(43)15(3)41/h5-11,14-15,20,41H,4,12-13H2,1-3H3,(H2,34,36)(H,35,37,42)/t14-,15-,20+/m0/s1. The molecule has 45 heavy (non-hydrogen) atoms. The molecule has 0 aliphatic carbocycles. The van der Waals surface area contributed by atoms with Crippen LogP contribution in [0.3, 0.4) is 0 Å². The van der Waals surface area contributed by atoms with E-state index in [2.05, 4.69) is 15.3 Å². The number of nitrogens with one attached hydrogen (secondary N) is 1. The zero-order chi connectivity index (χ0) is 32.6. The lowest BCUT2D eigenvalue weighted by Crippen LogP contribution is -2.51. The van der Waals surface area contributed by atoms with E-state index in [1.54, 1.807) is 24.3 Å². The number of carbonyl (C=O) groups excluding carboxylic acids is 2. The summed E-state index contributed by atoms with van der Waals surface area (Å²) in [6, 6.07) is 5.65. The van der Waals surface area contributed by atoms with Crippen LogP contribution < -0.4 is 15.8 Å². The Morgan fingerprint density at radius 3 is 2.71 bits per heavy atom. The lowest BCUT2D eigenvalue weighted by Gasteiger charge is -2.38. The Hall–Kier alpha value is -4.47. The molecule has 16 heteroatoms. The molecule has 3 aromatic heterocycles. The van der Waals surface area contributed by atoms with Crippen molar-refractivity contribution in [2.75, 3.05) is 30.8 Å². The third-order valence-corrected chi connectivity index (χ3v) is 7.43. The quantitative estimate of drug-likeness (QED) is 0.265. The molecule has 2 amide bonds. The van der Waals surface area contributed by atoms with Crippen LogP contribution in [0.5, 0.6) is 5.75 Å². The molecule has 1 aromatic carbocycles. The Labute approximate surface area is 259 Å². The first-order valence-corrected chi connectivity index (χ1v) is 14.2. The maximum atomic E-state index is 13.1. The van der Waals surface area contributed by atoms with Crippen molar-refractivity contribution < 1.29 is 37.3 Å². The number of benzene rings is 1. The van der Waals surface area contributed by atoms with Crippen molar-refractivity contribution in [1.82, 2.24) is 24.3 Å². The van der Waals surface area contributed by atoms with Gasteiger partial charge in [0.05, 0.1) is 37.6 Å². The van der Waals surface area contributed by atoms with Gasteiger partial charge in [-0.3, -0.25) is 14.0 Å². The van der Waals surface area contributed by atoms with Crippen LogP contribution in [0, 0.1) is 0 Å². The molecule has 1 saturated heterocycles. The van der Waals surface area contributed by atoms with Crippen molar-refractivity contribution in [2.24, 2.45) is 0 Å². The van der Waals surface area contributed by atoms with E-state index >= 15 is 0 Å². The van der Waals surface area contributed by atoms with Gasteiger partial charge in [-0.15, -0.1) is 0 Å². The Morgan fingerprint density at radius 2 is 2.02 bits per heavy atom. The molecule has 3 atom stereocenters. The van der Waals surface area contributed by atoms with Gasteiger partial charge in [-0.1, -0.05) is 11.6 Å². The van der Waals surface area contributed by atoms with Crippen LogP contribution in [0.15, 0.2) is 42.7 Å². The SMILES string of the molecule is CCOc1cc(C(=O)Nc2cc(C(F)(F)F)ccn2)ccc1-c1nc([C@H]2CN(C(=O)[C@H](C)O)[C@@H](C)CO2)n2c(Cl)cnc(N)c12. The van der Waals surface area contributed by atoms with Crippen LogP contribution in [-0.4, -0.2) is 73.1 Å². The molecule has 1 aliphatic rings. The molecule has 4 N–H and O–H groups in total. The minimum absolute atomic E-state index is 0.0724. The maximum absolute atomic E-state index is 13.1. The number of imidazole rings is 1. The normalized spacial score (nSPS) is 17.7. The average molecular weight is 648 g/mol. The number of rotatable bonds is 7. The average Bonchev–Trinajstić information content (AvgIpc) is 3.40. The molecule has 238 valence electrons. The fraction of sp³-hybridized carbons (Fsp3) is 0.345. The van der Waals surface area contributed by atoms with Gasteiger partial charge < -0.3 is 30.5 Å². The van der Waals surface area contributed by atoms with Gasteiger partial charge in [0.2, 0.25) is 0 Å². The number of fused-ring (bicyclic) bond motifs is 1. The second-order valence-corrected chi connectivity index (χ2v) is 10.7. The lowest BCUT2D eigenvalue weighted by molar-refractivity contribution is -0.152. The van der Waals surface area contributed by atoms with E-state index in [4.69, 9.17) is 31.8 Å². The molecule has 1 fully saturated rings. The van der Waals surface area contributed by atoms with Crippen LogP contribution in [0.25, 0.3) is 16.8 Å². The van der Waals surface area contributed by atoms with Crippen LogP contribution >= 0.6 is 11.6 Å². The summed E-state index contributed by atoms with van der Waals surface area (Å²) in [5.74, 6) is -0.848. The molecule has 0 unspecified atom stereocenters. The lowest BCUT2D eigenvalue weighted by atomic mass is 10.1. The largest absolute Gasteiger partial charge is 0.493 e. The zero-order valence-electron chi connectivity index (χ0n) is 24.3. The first kappa shape index (κ1) is 31.9.